The predicted octanol–water partition coefficient (Wildman–Crippen LogP) is 2.64. The number of carboxylic acid groups (broad SMARTS) is 1. The highest BCUT2D eigenvalue weighted by atomic mass is 16.4. The van der Waals surface area contributed by atoms with Crippen LogP contribution in [0.15, 0.2) is 54.7 Å². The molecule has 0 fully saturated rings. The van der Waals surface area contributed by atoms with Gasteiger partial charge in [0.1, 0.15) is 0 Å². The zero-order chi connectivity index (χ0) is 14.4. The molecule has 20 heavy (non-hydrogen) atoms. The van der Waals surface area contributed by atoms with Crippen molar-refractivity contribution in [3.8, 4) is 0 Å². The summed E-state index contributed by atoms with van der Waals surface area (Å²) in [5.41, 5.74) is 3.07. The van der Waals surface area contributed by atoms with Gasteiger partial charge in [0.15, 0.2) is 0 Å². The van der Waals surface area contributed by atoms with Crippen molar-refractivity contribution in [2.24, 2.45) is 0 Å². The number of hydrogen-bond acceptors (Lipinski definition) is 3. The highest BCUT2D eigenvalue weighted by Gasteiger charge is 2.14. The van der Waals surface area contributed by atoms with Crippen molar-refractivity contribution in [3.63, 3.8) is 0 Å². The summed E-state index contributed by atoms with van der Waals surface area (Å²) in [5.74, 6) is -0.880. The largest absolute Gasteiger partial charge is 0.481 e. The average Bonchev–Trinajstić information content (AvgIpc) is 2.49. The van der Waals surface area contributed by atoms with E-state index in [0.717, 1.165) is 11.3 Å². The molecule has 102 valence electrons. The van der Waals surface area contributed by atoms with Gasteiger partial charge in [-0.3, -0.25) is 9.78 Å². The Kier molecular flexibility index (Phi) is 4.50. The SMILES string of the molecule is CNC(=C(CC(=O)O)c1ccccn1)c1ccccc1. The minimum absolute atomic E-state index is 0.0813. The van der Waals surface area contributed by atoms with E-state index in [0.29, 0.717) is 11.3 Å². The van der Waals surface area contributed by atoms with Crippen LogP contribution in [0.4, 0.5) is 0 Å². The standard InChI is InChI=1S/C16H16N2O2/c1-17-16(12-7-3-2-4-8-12)13(11-15(19)20)14-9-5-6-10-18-14/h2-10,17H,11H2,1H3,(H,19,20). The summed E-state index contributed by atoms with van der Waals surface area (Å²) in [6, 6.07) is 15.1. The number of benzene rings is 1. The molecule has 0 aliphatic rings. The Morgan fingerprint density at radius 1 is 1.15 bits per heavy atom. The number of carbonyl (C=O) groups is 1. The van der Waals surface area contributed by atoms with Crippen molar-refractivity contribution in [1.82, 2.24) is 10.3 Å². The van der Waals surface area contributed by atoms with Crippen molar-refractivity contribution in [2.45, 2.75) is 6.42 Å². The molecule has 1 aromatic carbocycles. The molecule has 0 radical (unpaired) electrons. The van der Waals surface area contributed by atoms with E-state index in [4.69, 9.17) is 5.11 Å². The summed E-state index contributed by atoms with van der Waals surface area (Å²) in [6.45, 7) is 0. The molecule has 1 heterocycles. The van der Waals surface area contributed by atoms with Gasteiger partial charge in [-0.05, 0) is 17.7 Å². The molecule has 2 N–H and O–H groups in total. The maximum atomic E-state index is 11.1. The van der Waals surface area contributed by atoms with Crippen LogP contribution in [-0.4, -0.2) is 23.1 Å². The summed E-state index contributed by atoms with van der Waals surface area (Å²) in [5, 5.41) is 12.2. The molecule has 2 rings (SSSR count). The lowest BCUT2D eigenvalue weighted by Crippen LogP contribution is -2.11. The monoisotopic (exact) mass is 268 g/mol. The van der Waals surface area contributed by atoms with Gasteiger partial charge in [0.2, 0.25) is 0 Å². The van der Waals surface area contributed by atoms with Crippen molar-refractivity contribution in [1.29, 1.82) is 0 Å². The molecule has 0 saturated carbocycles. The van der Waals surface area contributed by atoms with Gasteiger partial charge >= 0.3 is 5.97 Å². The minimum Gasteiger partial charge on any atom is -0.481 e. The van der Waals surface area contributed by atoms with Crippen molar-refractivity contribution < 1.29 is 9.90 Å². The summed E-state index contributed by atoms with van der Waals surface area (Å²) in [7, 11) is 1.78. The van der Waals surface area contributed by atoms with Crippen LogP contribution in [0, 0.1) is 0 Å². The number of aromatic nitrogens is 1. The number of rotatable bonds is 5. The number of carboxylic acids is 1. The van der Waals surface area contributed by atoms with Gasteiger partial charge in [-0.2, -0.15) is 0 Å². The van der Waals surface area contributed by atoms with Crippen LogP contribution < -0.4 is 5.32 Å². The number of nitrogens with zero attached hydrogens (tertiary/aromatic N) is 1. The molecule has 0 unspecified atom stereocenters. The van der Waals surface area contributed by atoms with Crippen molar-refractivity contribution >= 4 is 17.2 Å². The first-order chi connectivity index (χ1) is 9.72. The van der Waals surface area contributed by atoms with Gasteiger partial charge in [0, 0.05) is 24.5 Å². The van der Waals surface area contributed by atoms with E-state index in [1.807, 2.05) is 48.5 Å². The second-order valence-corrected chi connectivity index (χ2v) is 4.26. The van der Waals surface area contributed by atoms with E-state index in [2.05, 4.69) is 10.3 Å². The second kappa shape index (κ2) is 6.52. The maximum absolute atomic E-state index is 11.1. The number of pyridine rings is 1. The number of aliphatic carboxylic acids is 1. The fraction of sp³-hybridized carbons (Fsp3) is 0.125. The van der Waals surface area contributed by atoms with E-state index in [9.17, 15) is 4.79 Å². The normalized spacial score (nSPS) is 11.7. The van der Waals surface area contributed by atoms with E-state index < -0.39 is 5.97 Å². The highest BCUT2D eigenvalue weighted by Crippen LogP contribution is 2.25. The molecule has 0 saturated heterocycles. The predicted molar refractivity (Wildman–Crippen MR) is 78.8 cm³/mol. The van der Waals surface area contributed by atoms with Crippen LogP contribution in [0.2, 0.25) is 0 Å². The van der Waals surface area contributed by atoms with Crippen LogP contribution in [0.5, 0.6) is 0 Å². The first kappa shape index (κ1) is 13.8. The maximum Gasteiger partial charge on any atom is 0.307 e. The Morgan fingerprint density at radius 3 is 2.40 bits per heavy atom. The summed E-state index contributed by atoms with van der Waals surface area (Å²) in [6.07, 6.45) is 1.58. The lowest BCUT2D eigenvalue weighted by atomic mass is 10.0. The summed E-state index contributed by atoms with van der Waals surface area (Å²) in [4.78, 5) is 15.4. The number of hydrogen-bond donors (Lipinski definition) is 2. The van der Waals surface area contributed by atoms with Crippen molar-refractivity contribution in [3.05, 3.63) is 66.0 Å². The molecule has 2 aromatic rings. The van der Waals surface area contributed by atoms with Gasteiger partial charge in [-0.25, -0.2) is 0 Å². The molecular weight excluding hydrogens is 252 g/mol. The van der Waals surface area contributed by atoms with Gasteiger partial charge in [0.25, 0.3) is 0 Å². The van der Waals surface area contributed by atoms with Gasteiger partial charge in [-0.1, -0.05) is 36.4 Å². The van der Waals surface area contributed by atoms with Gasteiger partial charge < -0.3 is 10.4 Å². The summed E-state index contributed by atoms with van der Waals surface area (Å²) < 4.78 is 0. The molecule has 1 aromatic heterocycles. The van der Waals surface area contributed by atoms with E-state index in [1.54, 1.807) is 13.2 Å². The Labute approximate surface area is 117 Å². The Bertz CT molecular complexity index is 607. The fourth-order valence-electron chi connectivity index (χ4n) is 2.07. The summed E-state index contributed by atoms with van der Waals surface area (Å²) >= 11 is 0. The van der Waals surface area contributed by atoms with E-state index in [1.165, 1.54) is 0 Å². The van der Waals surface area contributed by atoms with Gasteiger partial charge in [0.05, 0.1) is 12.1 Å². The molecule has 0 aliphatic heterocycles. The van der Waals surface area contributed by atoms with E-state index in [-0.39, 0.29) is 6.42 Å². The minimum atomic E-state index is -0.880. The molecule has 0 spiro atoms. The first-order valence-electron chi connectivity index (χ1n) is 6.32. The Hall–Kier alpha value is -2.62. The van der Waals surface area contributed by atoms with Crippen molar-refractivity contribution in [2.75, 3.05) is 7.05 Å². The smallest absolute Gasteiger partial charge is 0.307 e. The third-order valence-corrected chi connectivity index (χ3v) is 2.92. The highest BCUT2D eigenvalue weighted by molar-refractivity contribution is 5.95. The zero-order valence-corrected chi connectivity index (χ0v) is 11.2. The molecule has 0 bridgehead atoms. The molecule has 4 heteroatoms. The average molecular weight is 268 g/mol. The fourth-order valence-corrected chi connectivity index (χ4v) is 2.07. The van der Waals surface area contributed by atoms with Crippen LogP contribution in [0.25, 0.3) is 11.3 Å². The van der Waals surface area contributed by atoms with Crippen LogP contribution >= 0.6 is 0 Å². The molecule has 0 atom stereocenters. The van der Waals surface area contributed by atoms with Gasteiger partial charge in [-0.15, -0.1) is 0 Å². The Balaban J connectivity index is 2.58. The Morgan fingerprint density at radius 2 is 1.85 bits per heavy atom. The molecular formula is C16H16N2O2. The molecule has 0 amide bonds. The van der Waals surface area contributed by atoms with E-state index >= 15 is 0 Å². The number of nitrogens with one attached hydrogen (secondary N) is 1. The molecule has 0 aliphatic carbocycles. The third-order valence-electron chi connectivity index (χ3n) is 2.92. The lowest BCUT2D eigenvalue weighted by molar-refractivity contribution is -0.135. The molecule has 4 nitrogen and oxygen atoms in total. The zero-order valence-electron chi connectivity index (χ0n) is 11.2. The van der Waals surface area contributed by atoms with Crippen LogP contribution in [-0.2, 0) is 4.79 Å². The second-order valence-electron chi connectivity index (χ2n) is 4.26. The van der Waals surface area contributed by atoms with Crippen LogP contribution in [0.1, 0.15) is 17.7 Å². The van der Waals surface area contributed by atoms with Crippen LogP contribution in [0.3, 0.4) is 0 Å². The first-order valence-corrected chi connectivity index (χ1v) is 6.32. The quantitative estimate of drug-likeness (QED) is 0.875. The third kappa shape index (κ3) is 3.23. The topological polar surface area (TPSA) is 62.2 Å². The lowest BCUT2D eigenvalue weighted by Gasteiger charge is -2.14.